The summed E-state index contributed by atoms with van der Waals surface area (Å²) in [6, 6.07) is 14.3. The maximum atomic E-state index is 10.4. The number of hydrogen-bond donors (Lipinski definition) is 2. The fourth-order valence-electron chi connectivity index (χ4n) is 3.72. The summed E-state index contributed by atoms with van der Waals surface area (Å²) in [6.07, 6.45) is 8.03. The average Bonchev–Trinajstić information content (AvgIpc) is 3.23. The van der Waals surface area contributed by atoms with Crippen molar-refractivity contribution in [3.63, 3.8) is 0 Å². The minimum atomic E-state index is -0.840. The summed E-state index contributed by atoms with van der Waals surface area (Å²) >= 11 is 1.59. The molecule has 5 rings (SSSR count). The minimum Gasteiger partial charge on any atom is -0.378 e. The molecule has 4 aromatic rings. The number of aliphatic hydroxyl groups is 1. The lowest BCUT2D eigenvalue weighted by molar-refractivity contribution is 0.0240. The van der Waals surface area contributed by atoms with Gasteiger partial charge in [0.1, 0.15) is 16.9 Å². The molecular weight excluding hydrogens is 416 g/mol. The average molecular weight is 441 g/mol. The Morgan fingerprint density at radius 2 is 1.88 bits per heavy atom. The van der Waals surface area contributed by atoms with Crippen LogP contribution >= 0.6 is 11.3 Å². The van der Waals surface area contributed by atoms with Crippen molar-refractivity contribution in [3.8, 4) is 23.2 Å². The third-order valence-corrected chi connectivity index (χ3v) is 6.72. The van der Waals surface area contributed by atoms with Gasteiger partial charge in [-0.2, -0.15) is 0 Å². The van der Waals surface area contributed by atoms with Crippen LogP contribution in [0.2, 0.25) is 0 Å². The van der Waals surface area contributed by atoms with Gasteiger partial charge in [-0.1, -0.05) is 42.2 Å². The maximum Gasteiger partial charge on any atom is 0.162 e. The number of nitrogens with zero attached hydrogens (tertiary/aromatic N) is 3. The smallest absolute Gasteiger partial charge is 0.162 e. The van der Waals surface area contributed by atoms with Crippen LogP contribution in [0, 0.1) is 11.8 Å². The van der Waals surface area contributed by atoms with Crippen molar-refractivity contribution in [1.29, 1.82) is 0 Å². The van der Waals surface area contributed by atoms with Gasteiger partial charge < -0.3 is 10.4 Å². The molecule has 1 fully saturated rings. The summed E-state index contributed by atoms with van der Waals surface area (Å²) in [7, 11) is 0. The molecule has 32 heavy (non-hydrogen) atoms. The molecular formula is C26H24N4OS. The molecule has 0 unspecified atom stereocenters. The zero-order valence-electron chi connectivity index (χ0n) is 17.7. The van der Waals surface area contributed by atoms with Crippen molar-refractivity contribution in [2.45, 2.75) is 37.7 Å². The highest BCUT2D eigenvalue weighted by molar-refractivity contribution is 7.18. The van der Waals surface area contributed by atoms with E-state index >= 15 is 0 Å². The Morgan fingerprint density at radius 3 is 2.62 bits per heavy atom. The first-order valence-corrected chi connectivity index (χ1v) is 11.8. The lowest BCUT2D eigenvalue weighted by Gasteiger charge is -2.30. The van der Waals surface area contributed by atoms with Crippen molar-refractivity contribution in [3.05, 3.63) is 71.4 Å². The van der Waals surface area contributed by atoms with E-state index in [0.29, 0.717) is 5.82 Å². The zero-order chi connectivity index (χ0) is 21.8. The van der Waals surface area contributed by atoms with E-state index in [1.807, 2.05) is 23.6 Å². The molecule has 1 aliphatic rings. The lowest BCUT2D eigenvalue weighted by Crippen LogP contribution is -2.34. The van der Waals surface area contributed by atoms with Gasteiger partial charge in [-0.3, -0.25) is 4.98 Å². The molecule has 0 bridgehead atoms. The van der Waals surface area contributed by atoms with E-state index in [1.54, 1.807) is 23.7 Å². The van der Waals surface area contributed by atoms with Crippen LogP contribution in [0.1, 0.15) is 36.8 Å². The van der Waals surface area contributed by atoms with E-state index in [9.17, 15) is 5.11 Å². The molecule has 2 N–H and O–H groups in total. The Bertz CT molecular complexity index is 1270. The molecule has 0 amide bonds. The Morgan fingerprint density at radius 1 is 1.06 bits per heavy atom. The van der Waals surface area contributed by atoms with Crippen LogP contribution in [0.4, 0.5) is 5.82 Å². The van der Waals surface area contributed by atoms with Gasteiger partial charge in [-0.15, -0.1) is 11.3 Å². The fourth-order valence-corrected chi connectivity index (χ4v) is 4.62. The van der Waals surface area contributed by atoms with E-state index in [1.165, 1.54) is 5.56 Å². The van der Waals surface area contributed by atoms with E-state index in [-0.39, 0.29) is 0 Å². The molecule has 160 valence electrons. The Kier molecular flexibility index (Phi) is 5.85. The Balaban J connectivity index is 1.44. The van der Waals surface area contributed by atoms with Crippen molar-refractivity contribution in [2.24, 2.45) is 0 Å². The van der Waals surface area contributed by atoms with Crippen LogP contribution in [-0.4, -0.2) is 32.2 Å². The van der Waals surface area contributed by atoms with Gasteiger partial charge in [0.05, 0.1) is 10.3 Å². The van der Waals surface area contributed by atoms with Crippen LogP contribution in [-0.2, 0) is 6.42 Å². The summed E-state index contributed by atoms with van der Waals surface area (Å²) in [5.41, 5.74) is 3.08. The van der Waals surface area contributed by atoms with E-state index in [2.05, 4.69) is 46.4 Å². The standard InChI is InChI=1S/C26H24N4OS/c31-26(12-5-13-26)14-9-21-18-32-23-22(21)29-24(20-10-16-27-17-11-20)30-25(23)28-15-4-8-19-6-2-1-3-7-19/h1-3,6-7,10-11,16-18,31H,4-5,8,12-13,15H2,(H,28,29,30). The number of fused-ring (bicyclic) bond motifs is 1. The molecule has 1 aromatic carbocycles. The Hall–Kier alpha value is -3.27. The first kappa shape index (κ1) is 20.6. The molecule has 0 atom stereocenters. The first-order chi connectivity index (χ1) is 15.7. The quantitative estimate of drug-likeness (QED) is 0.324. The number of benzene rings is 1. The molecule has 0 saturated heterocycles. The highest BCUT2D eigenvalue weighted by atomic mass is 32.1. The van der Waals surface area contributed by atoms with Crippen LogP contribution in [0.15, 0.2) is 60.2 Å². The molecule has 1 aliphatic carbocycles. The van der Waals surface area contributed by atoms with Crippen LogP contribution < -0.4 is 5.32 Å². The van der Waals surface area contributed by atoms with Gasteiger partial charge in [0.15, 0.2) is 5.82 Å². The normalized spacial score (nSPS) is 14.4. The number of aryl methyl sites for hydroxylation is 1. The largest absolute Gasteiger partial charge is 0.378 e. The second kappa shape index (κ2) is 9.07. The van der Waals surface area contributed by atoms with Crippen molar-refractivity contribution in [1.82, 2.24) is 15.0 Å². The predicted molar refractivity (Wildman–Crippen MR) is 130 cm³/mol. The molecule has 0 radical (unpaired) electrons. The van der Waals surface area contributed by atoms with E-state index < -0.39 is 5.60 Å². The monoisotopic (exact) mass is 440 g/mol. The third-order valence-electron chi connectivity index (χ3n) is 5.74. The van der Waals surface area contributed by atoms with Gasteiger partial charge in [-0.05, 0) is 49.8 Å². The number of rotatable bonds is 6. The maximum absolute atomic E-state index is 10.4. The molecule has 6 heteroatoms. The summed E-state index contributed by atoms with van der Waals surface area (Å²) in [4.78, 5) is 13.8. The lowest BCUT2D eigenvalue weighted by atomic mass is 9.81. The van der Waals surface area contributed by atoms with Crippen LogP contribution in [0.5, 0.6) is 0 Å². The molecule has 0 spiro atoms. The summed E-state index contributed by atoms with van der Waals surface area (Å²) in [5.74, 6) is 7.72. The van der Waals surface area contributed by atoms with Gasteiger partial charge in [0.25, 0.3) is 0 Å². The minimum absolute atomic E-state index is 0.647. The van der Waals surface area contributed by atoms with Gasteiger partial charge in [0, 0.05) is 29.9 Å². The fraction of sp³-hybridized carbons (Fsp3) is 0.269. The zero-order valence-corrected chi connectivity index (χ0v) is 18.5. The van der Waals surface area contributed by atoms with Gasteiger partial charge >= 0.3 is 0 Å². The van der Waals surface area contributed by atoms with Crippen molar-refractivity contribution >= 4 is 27.4 Å². The number of anilines is 1. The van der Waals surface area contributed by atoms with Crippen LogP contribution in [0.25, 0.3) is 21.6 Å². The topological polar surface area (TPSA) is 70.9 Å². The molecule has 0 aliphatic heterocycles. The molecule has 1 saturated carbocycles. The highest BCUT2D eigenvalue weighted by Gasteiger charge is 2.32. The van der Waals surface area contributed by atoms with Gasteiger partial charge in [-0.25, -0.2) is 9.97 Å². The van der Waals surface area contributed by atoms with Crippen molar-refractivity contribution in [2.75, 3.05) is 11.9 Å². The predicted octanol–water partition coefficient (Wildman–Crippen LogP) is 5.06. The third kappa shape index (κ3) is 4.50. The number of nitrogens with one attached hydrogen (secondary N) is 1. The van der Waals surface area contributed by atoms with Crippen LogP contribution in [0.3, 0.4) is 0 Å². The Labute approximate surface area is 191 Å². The molecule has 3 aromatic heterocycles. The number of aromatic nitrogens is 3. The molecule has 5 nitrogen and oxygen atoms in total. The SMILES string of the molecule is OC1(C#Cc2csc3c(NCCCc4ccccc4)nc(-c4ccncc4)nc23)CCC1. The number of pyridine rings is 1. The summed E-state index contributed by atoms with van der Waals surface area (Å²) in [5, 5.41) is 15.9. The highest BCUT2D eigenvalue weighted by Crippen LogP contribution is 2.33. The molecule has 3 heterocycles. The summed E-state index contributed by atoms with van der Waals surface area (Å²) in [6.45, 7) is 0.815. The first-order valence-electron chi connectivity index (χ1n) is 10.9. The second-order valence-electron chi connectivity index (χ2n) is 8.11. The van der Waals surface area contributed by atoms with E-state index in [0.717, 1.165) is 65.8 Å². The van der Waals surface area contributed by atoms with Gasteiger partial charge in [0.2, 0.25) is 0 Å². The van der Waals surface area contributed by atoms with E-state index in [4.69, 9.17) is 9.97 Å². The second-order valence-corrected chi connectivity index (χ2v) is 8.99. The summed E-state index contributed by atoms with van der Waals surface area (Å²) < 4.78 is 0.993. The number of hydrogen-bond acceptors (Lipinski definition) is 6. The number of thiophene rings is 1. The van der Waals surface area contributed by atoms with Crippen molar-refractivity contribution < 1.29 is 5.11 Å².